The maximum Gasteiger partial charge on any atom is 0.163 e. The number of Topliss-reactive ketones (excluding diaryl/α,β-unsaturated/α-hetero) is 1. The molecule has 0 saturated heterocycles. The molecule has 220 valence electrons. The molecule has 0 aromatic heterocycles. The van der Waals surface area contributed by atoms with Gasteiger partial charge in [0.05, 0.1) is 17.7 Å². The van der Waals surface area contributed by atoms with Crippen LogP contribution in [0.1, 0.15) is 106 Å². The lowest BCUT2D eigenvalue weighted by Gasteiger charge is -2.31. The number of hydrogen-bond donors (Lipinski definition) is 1. The number of nitrogens with zero attached hydrogens (tertiary/aromatic N) is 2. The van der Waals surface area contributed by atoms with Crippen LogP contribution in [0.25, 0.3) is 0 Å². The number of carbonyl (C=O) groups is 1. The van der Waals surface area contributed by atoms with Crippen LogP contribution >= 0.6 is 0 Å². The normalized spacial score (nSPS) is 26.7. The summed E-state index contributed by atoms with van der Waals surface area (Å²) in [5.41, 5.74) is 2.11. The van der Waals surface area contributed by atoms with E-state index < -0.39 is 5.60 Å². The molecule has 41 heavy (non-hydrogen) atoms. The Morgan fingerprint density at radius 1 is 1.00 bits per heavy atom. The van der Waals surface area contributed by atoms with Crippen LogP contribution in [0.5, 0.6) is 5.75 Å². The van der Waals surface area contributed by atoms with E-state index in [2.05, 4.69) is 29.0 Å². The Kier molecular flexibility index (Phi) is 10.1. The monoisotopic (exact) mass is 556 g/mol. The van der Waals surface area contributed by atoms with Gasteiger partial charge >= 0.3 is 0 Å². The molecule has 5 nitrogen and oxygen atoms in total. The Bertz CT molecular complexity index is 1210. The van der Waals surface area contributed by atoms with E-state index in [1.807, 2.05) is 43.3 Å². The first kappa shape index (κ1) is 29.7. The summed E-state index contributed by atoms with van der Waals surface area (Å²) in [6.45, 7) is 5.09. The number of ketones is 1. The molecule has 0 bridgehead atoms. The zero-order valence-corrected chi connectivity index (χ0v) is 25.0. The van der Waals surface area contributed by atoms with E-state index in [0.29, 0.717) is 24.2 Å². The third-order valence-corrected chi connectivity index (χ3v) is 9.80. The van der Waals surface area contributed by atoms with Crippen molar-refractivity contribution in [3.63, 3.8) is 0 Å². The van der Waals surface area contributed by atoms with Crippen LogP contribution in [0, 0.1) is 17.8 Å². The van der Waals surface area contributed by atoms with Crippen LogP contribution in [-0.4, -0.2) is 42.0 Å². The first-order chi connectivity index (χ1) is 19.9. The largest absolute Gasteiger partial charge is 0.490 e. The van der Waals surface area contributed by atoms with Gasteiger partial charge in [-0.2, -0.15) is 0 Å². The lowest BCUT2D eigenvalue weighted by molar-refractivity contribution is -0.00365. The molecule has 1 N–H and O–H groups in total. The van der Waals surface area contributed by atoms with Crippen LogP contribution in [0.2, 0.25) is 0 Å². The number of rotatable bonds is 10. The van der Waals surface area contributed by atoms with Gasteiger partial charge in [0.25, 0.3) is 0 Å². The Hall–Kier alpha value is -2.79. The van der Waals surface area contributed by atoms with E-state index in [4.69, 9.17) is 4.74 Å². The van der Waals surface area contributed by atoms with Crippen molar-refractivity contribution in [3.05, 3.63) is 65.2 Å². The second-order valence-corrected chi connectivity index (χ2v) is 13.0. The van der Waals surface area contributed by atoms with Gasteiger partial charge in [-0.1, -0.05) is 56.2 Å². The van der Waals surface area contributed by atoms with Gasteiger partial charge in [0.15, 0.2) is 5.78 Å². The smallest absolute Gasteiger partial charge is 0.163 e. The standard InChI is InChI=1S/C36H48N2O3/c1-26-14-16-33(41-32-12-7-11-30(25-32)36(2,40)29-9-4-5-10-29)23-27(22-26)15-17-35(39)34-13-6-3-8-28(34)24-31-18-19-37-20-21-38-31/h3,6-8,11-13,20-21,25-27,29,31,33,40H,4-5,9-10,14-19,22-24H2,1-2H3. The average Bonchev–Trinajstić information content (AvgIpc) is 3.33. The molecule has 0 radical (unpaired) electrons. The summed E-state index contributed by atoms with van der Waals surface area (Å²) in [5, 5.41) is 11.4. The van der Waals surface area contributed by atoms with Crippen molar-refractivity contribution in [2.75, 3.05) is 6.54 Å². The van der Waals surface area contributed by atoms with Crippen LogP contribution in [-0.2, 0) is 12.0 Å². The molecule has 2 aromatic carbocycles. The van der Waals surface area contributed by atoms with Gasteiger partial charge in [-0.05, 0) is 106 Å². The van der Waals surface area contributed by atoms with Crippen LogP contribution in [0.3, 0.4) is 0 Å². The summed E-state index contributed by atoms with van der Waals surface area (Å²) in [6.07, 6.45) is 15.7. The number of ether oxygens (including phenoxy) is 1. The molecular weight excluding hydrogens is 508 g/mol. The summed E-state index contributed by atoms with van der Waals surface area (Å²) >= 11 is 0. The molecule has 5 atom stereocenters. The molecule has 5 heteroatoms. The Morgan fingerprint density at radius 2 is 1.83 bits per heavy atom. The van der Waals surface area contributed by atoms with E-state index in [1.165, 1.54) is 12.8 Å². The fourth-order valence-corrected chi connectivity index (χ4v) is 7.32. The number of hydrogen-bond acceptors (Lipinski definition) is 5. The van der Waals surface area contributed by atoms with Crippen LogP contribution in [0.4, 0.5) is 0 Å². The minimum Gasteiger partial charge on any atom is -0.490 e. The average molecular weight is 557 g/mol. The van der Waals surface area contributed by atoms with Gasteiger partial charge in [0.1, 0.15) is 5.75 Å². The summed E-state index contributed by atoms with van der Waals surface area (Å²) in [4.78, 5) is 22.4. The van der Waals surface area contributed by atoms with Crippen molar-refractivity contribution in [2.45, 2.75) is 109 Å². The third-order valence-electron chi connectivity index (χ3n) is 9.80. The summed E-state index contributed by atoms with van der Waals surface area (Å²) in [7, 11) is 0. The van der Waals surface area contributed by atoms with Crippen LogP contribution in [0.15, 0.2) is 58.5 Å². The maximum absolute atomic E-state index is 13.5. The fourth-order valence-electron chi connectivity index (χ4n) is 7.32. The Labute approximate surface area is 246 Å². The molecule has 2 aromatic rings. The molecule has 1 heterocycles. The molecule has 2 aliphatic carbocycles. The lowest BCUT2D eigenvalue weighted by atomic mass is 9.82. The number of benzene rings is 2. The molecule has 1 aliphatic heterocycles. The molecule has 2 saturated carbocycles. The van der Waals surface area contributed by atoms with Crippen molar-refractivity contribution in [2.24, 2.45) is 27.7 Å². The van der Waals surface area contributed by atoms with E-state index in [9.17, 15) is 9.90 Å². The van der Waals surface area contributed by atoms with Crippen molar-refractivity contribution >= 4 is 18.2 Å². The minimum atomic E-state index is -0.816. The number of aliphatic imine (C=N–C) groups is 2. The molecule has 0 amide bonds. The van der Waals surface area contributed by atoms with Crippen molar-refractivity contribution in [1.29, 1.82) is 0 Å². The van der Waals surface area contributed by atoms with E-state index in [-0.39, 0.29) is 17.9 Å². The van der Waals surface area contributed by atoms with Gasteiger partial charge in [0.2, 0.25) is 0 Å². The first-order valence-electron chi connectivity index (χ1n) is 16.0. The summed E-state index contributed by atoms with van der Waals surface area (Å²) < 4.78 is 6.60. The first-order valence-corrected chi connectivity index (χ1v) is 16.0. The van der Waals surface area contributed by atoms with Gasteiger partial charge in [-0.3, -0.25) is 14.8 Å². The lowest BCUT2D eigenvalue weighted by Crippen LogP contribution is -2.30. The highest BCUT2D eigenvalue weighted by atomic mass is 16.5. The predicted molar refractivity (Wildman–Crippen MR) is 167 cm³/mol. The minimum absolute atomic E-state index is 0.134. The van der Waals surface area contributed by atoms with Crippen molar-refractivity contribution in [3.8, 4) is 5.75 Å². The molecule has 2 fully saturated rings. The highest BCUT2D eigenvalue weighted by molar-refractivity contribution is 6.16. The maximum atomic E-state index is 13.5. The van der Waals surface area contributed by atoms with Gasteiger partial charge in [-0.25, -0.2) is 0 Å². The summed E-state index contributed by atoms with van der Waals surface area (Å²) in [6, 6.07) is 16.4. The zero-order valence-electron chi connectivity index (χ0n) is 25.0. The van der Waals surface area contributed by atoms with E-state index >= 15 is 0 Å². The van der Waals surface area contributed by atoms with Crippen molar-refractivity contribution < 1.29 is 14.6 Å². The SMILES string of the molecule is CC1CCC(Oc2cccc(C(C)(O)C3CCCC3)c2)CC(CCC(=O)c2ccccc2CC2CCN=CC=N2)C1. The Balaban J connectivity index is 1.20. The zero-order chi connectivity index (χ0) is 28.7. The Morgan fingerprint density at radius 3 is 2.68 bits per heavy atom. The topological polar surface area (TPSA) is 71.2 Å². The fraction of sp³-hybridized carbons (Fsp3) is 0.583. The quantitative estimate of drug-likeness (QED) is 0.240. The highest BCUT2D eigenvalue weighted by Gasteiger charge is 2.36. The van der Waals surface area contributed by atoms with Crippen LogP contribution < -0.4 is 4.74 Å². The molecule has 3 aliphatic rings. The molecular formula is C36H48N2O3. The second kappa shape index (κ2) is 13.9. The van der Waals surface area contributed by atoms with Gasteiger partial charge < -0.3 is 9.84 Å². The van der Waals surface area contributed by atoms with Gasteiger partial charge in [-0.15, -0.1) is 0 Å². The number of carbonyl (C=O) groups excluding carboxylic acids is 1. The van der Waals surface area contributed by atoms with E-state index in [0.717, 1.165) is 86.8 Å². The third kappa shape index (κ3) is 7.94. The summed E-state index contributed by atoms with van der Waals surface area (Å²) in [5.74, 6) is 2.50. The highest BCUT2D eigenvalue weighted by Crippen LogP contribution is 2.41. The number of aliphatic hydroxyl groups is 1. The molecule has 0 spiro atoms. The predicted octanol–water partition coefficient (Wildman–Crippen LogP) is 7.78. The van der Waals surface area contributed by atoms with Gasteiger partial charge in [0, 0.05) is 31.0 Å². The van der Waals surface area contributed by atoms with Crippen molar-refractivity contribution in [1.82, 2.24) is 0 Å². The molecule has 5 rings (SSSR count). The van der Waals surface area contributed by atoms with E-state index in [1.54, 1.807) is 12.4 Å². The molecule has 5 unspecified atom stereocenters. The second-order valence-electron chi connectivity index (χ2n) is 13.0.